The van der Waals surface area contributed by atoms with Gasteiger partial charge >= 0.3 is 0 Å². The first kappa shape index (κ1) is 27.1. The highest BCUT2D eigenvalue weighted by Crippen LogP contribution is 2.52. The van der Waals surface area contributed by atoms with E-state index in [1.54, 1.807) is 0 Å². The van der Waals surface area contributed by atoms with Crippen LogP contribution in [0.15, 0.2) is 156 Å². The molecule has 0 atom stereocenters. The number of fused-ring (bicyclic) bond motifs is 10. The highest BCUT2D eigenvalue weighted by atomic mass is 16.3. The fourth-order valence-electron chi connectivity index (χ4n) is 8.05. The number of nitrogens with zero attached hydrogens (tertiary/aromatic N) is 1. The minimum absolute atomic E-state index is 0.0641. The van der Waals surface area contributed by atoms with Crippen molar-refractivity contribution in [2.24, 2.45) is 0 Å². The lowest BCUT2D eigenvalue weighted by Crippen LogP contribution is -2.14. The van der Waals surface area contributed by atoms with Crippen LogP contribution in [0.3, 0.4) is 0 Å². The molecule has 1 aliphatic carbocycles. The highest BCUT2D eigenvalue weighted by molar-refractivity contribution is 6.14. The van der Waals surface area contributed by atoms with Gasteiger partial charge in [-0.3, -0.25) is 0 Å². The van der Waals surface area contributed by atoms with E-state index in [4.69, 9.17) is 4.42 Å². The van der Waals surface area contributed by atoms with Gasteiger partial charge in [-0.2, -0.15) is 0 Å². The Hall–Kier alpha value is -6.06. The minimum atomic E-state index is -0.0641. The summed E-state index contributed by atoms with van der Waals surface area (Å²) in [6, 6.07) is 54.5. The molecule has 0 radical (unpaired) electrons. The molecular formula is C45H32N2O. The third-order valence-corrected chi connectivity index (χ3v) is 10.4. The number of rotatable bonds is 4. The molecule has 228 valence electrons. The van der Waals surface area contributed by atoms with E-state index in [0.29, 0.717) is 0 Å². The maximum atomic E-state index is 6.79. The Morgan fingerprint density at radius 1 is 0.521 bits per heavy atom. The summed E-state index contributed by atoms with van der Waals surface area (Å²) in [7, 11) is 0. The molecule has 0 aliphatic heterocycles. The van der Waals surface area contributed by atoms with Gasteiger partial charge in [0, 0.05) is 43.9 Å². The number of hydrogen-bond donors (Lipinski definition) is 1. The SMILES string of the molecule is CC1(C)c2ccccc2-c2c1ccc1c2oc2c(Nc3ccc(-c4ccc5c(c4)c4ccccc4n5-c4ccccc4)cc3)cccc21. The van der Waals surface area contributed by atoms with Gasteiger partial charge in [-0.05, 0) is 76.3 Å². The van der Waals surface area contributed by atoms with Crippen LogP contribution in [0, 0.1) is 0 Å². The molecule has 0 spiro atoms. The molecule has 0 amide bonds. The zero-order chi connectivity index (χ0) is 32.0. The predicted octanol–water partition coefficient (Wildman–Crippen LogP) is 12.4. The Kier molecular flexibility index (Phi) is 5.63. The van der Waals surface area contributed by atoms with Crippen LogP contribution in [0.5, 0.6) is 0 Å². The second kappa shape index (κ2) is 9.97. The normalized spacial score (nSPS) is 13.4. The Morgan fingerprint density at radius 2 is 1.23 bits per heavy atom. The van der Waals surface area contributed by atoms with Gasteiger partial charge < -0.3 is 14.3 Å². The Bertz CT molecular complexity index is 2710. The van der Waals surface area contributed by atoms with E-state index in [0.717, 1.165) is 33.3 Å². The van der Waals surface area contributed by atoms with Gasteiger partial charge in [-0.25, -0.2) is 0 Å². The van der Waals surface area contributed by atoms with Crippen molar-refractivity contribution < 1.29 is 4.42 Å². The van der Waals surface area contributed by atoms with E-state index in [9.17, 15) is 0 Å². The summed E-state index contributed by atoms with van der Waals surface area (Å²) in [6.45, 7) is 4.62. The van der Waals surface area contributed by atoms with Crippen LogP contribution in [-0.2, 0) is 5.41 Å². The second-order valence-corrected chi connectivity index (χ2v) is 13.4. The summed E-state index contributed by atoms with van der Waals surface area (Å²) in [6.07, 6.45) is 0. The lowest BCUT2D eigenvalue weighted by Gasteiger charge is -2.21. The predicted molar refractivity (Wildman–Crippen MR) is 201 cm³/mol. The van der Waals surface area contributed by atoms with Crippen molar-refractivity contribution >= 4 is 55.1 Å². The zero-order valence-electron chi connectivity index (χ0n) is 26.8. The number of aromatic nitrogens is 1. The number of anilines is 2. The van der Waals surface area contributed by atoms with Crippen LogP contribution < -0.4 is 5.32 Å². The summed E-state index contributed by atoms with van der Waals surface area (Å²) in [5.41, 5.74) is 14.9. The summed E-state index contributed by atoms with van der Waals surface area (Å²) < 4.78 is 9.14. The Morgan fingerprint density at radius 3 is 2.10 bits per heavy atom. The highest BCUT2D eigenvalue weighted by Gasteiger charge is 2.37. The third-order valence-electron chi connectivity index (χ3n) is 10.4. The Balaban J connectivity index is 1.02. The van der Waals surface area contributed by atoms with Crippen LogP contribution in [0.2, 0.25) is 0 Å². The monoisotopic (exact) mass is 616 g/mol. The third kappa shape index (κ3) is 3.82. The molecule has 2 aromatic heterocycles. The molecule has 2 heterocycles. The van der Waals surface area contributed by atoms with Gasteiger partial charge in [0.05, 0.1) is 16.7 Å². The first-order chi connectivity index (χ1) is 23.6. The topological polar surface area (TPSA) is 30.1 Å². The molecule has 0 saturated heterocycles. The maximum Gasteiger partial charge on any atom is 0.158 e. The van der Waals surface area contributed by atoms with Gasteiger partial charge in [0.15, 0.2) is 5.58 Å². The van der Waals surface area contributed by atoms with Gasteiger partial charge in [-0.15, -0.1) is 0 Å². The van der Waals surface area contributed by atoms with Crippen molar-refractivity contribution in [2.45, 2.75) is 19.3 Å². The lowest BCUT2D eigenvalue weighted by molar-refractivity contribution is 0.653. The minimum Gasteiger partial charge on any atom is -0.453 e. The second-order valence-electron chi connectivity index (χ2n) is 13.4. The van der Waals surface area contributed by atoms with Crippen molar-refractivity contribution in [3.05, 3.63) is 163 Å². The van der Waals surface area contributed by atoms with Crippen LogP contribution in [-0.4, -0.2) is 4.57 Å². The smallest absolute Gasteiger partial charge is 0.158 e. The summed E-state index contributed by atoms with van der Waals surface area (Å²) in [4.78, 5) is 0. The molecule has 3 nitrogen and oxygen atoms in total. The molecule has 0 fully saturated rings. The van der Waals surface area contributed by atoms with Crippen molar-refractivity contribution in [3.8, 4) is 27.9 Å². The lowest BCUT2D eigenvalue weighted by atomic mass is 9.82. The van der Waals surface area contributed by atoms with E-state index < -0.39 is 0 Å². The molecule has 10 rings (SSSR count). The average molecular weight is 617 g/mol. The van der Waals surface area contributed by atoms with Crippen LogP contribution in [0.4, 0.5) is 11.4 Å². The number of furan rings is 1. The summed E-state index contributed by atoms with van der Waals surface area (Å²) >= 11 is 0. The molecule has 0 unspecified atom stereocenters. The summed E-state index contributed by atoms with van der Waals surface area (Å²) in [5, 5.41) is 8.46. The molecule has 1 aliphatic rings. The number of nitrogens with one attached hydrogen (secondary N) is 1. The van der Waals surface area contributed by atoms with E-state index in [-0.39, 0.29) is 5.41 Å². The van der Waals surface area contributed by atoms with E-state index in [2.05, 4.69) is 175 Å². The Labute approximate surface area is 278 Å². The van der Waals surface area contributed by atoms with Crippen LogP contribution in [0.1, 0.15) is 25.0 Å². The fourth-order valence-corrected chi connectivity index (χ4v) is 8.05. The van der Waals surface area contributed by atoms with Crippen molar-refractivity contribution in [1.29, 1.82) is 0 Å². The molecule has 1 N–H and O–H groups in total. The maximum absolute atomic E-state index is 6.79. The van der Waals surface area contributed by atoms with Crippen molar-refractivity contribution in [2.75, 3.05) is 5.32 Å². The molecular weight excluding hydrogens is 585 g/mol. The molecule has 48 heavy (non-hydrogen) atoms. The number of para-hydroxylation sites is 3. The number of hydrogen-bond acceptors (Lipinski definition) is 2. The van der Waals surface area contributed by atoms with Crippen molar-refractivity contribution in [3.63, 3.8) is 0 Å². The first-order valence-corrected chi connectivity index (χ1v) is 16.6. The molecule has 7 aromatic carbocycles. The largest absolute Gasteiger partial charge is 0.453 e. The van der Waals surface area contributed by atoms with Crippen LogP contribution >= 0.6 is 0 Å². The number of benzene rings is 7. The van der Waals surface area contributed by atoms with E-state index >= 15 is 0 Å². The quantitative estimate of drug-likeness (QED) is 0.213. The molecule has 9 aromatic rings. The van der Waals surface area contributed by atoms with E-state index in [1.807, 2.05) is 0 Å². The fraction of sp³-hybridized carbons (Fsp3) is 0.0667. The van der Waals surface area contributed by atoms with Crippen molar-refractivity contribution in [1.82, 2.24) is 4.57 Å². The first-order valence-electron chi connectivity index (χ1n) is 16.6. The molecule has 0 bridgehead atoms. The van der Waals surface area contributed by atoms with Crippen LogP contribution in [0.25, 0.3) is 71.7 Å². The van der Waals surface area contributed by atoms with Gasteiger partial charge in [0.25, 0.3) is 0 Å². The van der Waals surface area contributed by atoms with Gasteiger partial charge in [0.2, 0.25) is 0 Å². The average Bonchev–Trinajstić information content (AvgIpc) is 3.75. The summed E-state index contributed by atoms with van der Waals surface area (Å²) in [5.74, 6) is 0. The van der Waals surface area contributed by atoms with Gasteiger partial charge in [0.1, 0.15) is 5.58 Å². The van der Waals surface area contributed by atoms with E-state index in [1.165, 1.54) is 60.9 Å². The molecule has 3 heteroatoms. The molecule has 0 saturated carbocycles. The zero-order valence-corrected chi connectivity index (χ0v) is 26.8. The van der Waals surface area contributed by atoms with Gasteiger partial charge in [-0.1, -0.05) is 117 Å². The standard InChI is InChI=1S/C45H32N2O/c1-45(2)37-16-8-6-14-35(37)42-38(45)25-24-34-33-15-10-17-39(43(33)48-44(34)42)46-30-22-19-28(20-23-30)29-21-26-41-36(27-29)32-13-7-9-18-40(32)47(41)31-11-4-3-5-12-31/h3-27,46H,1-2H3.